The molecule has 0 N–H and O–H groups in total. The summed E-state index contributed by atoms with van der Waals surface area (Å²) in [6.07, 6.45) is 0.699. The Morgan fingerprint density at radius 1 is 1.20 bits per heavy atom. The monoisotopic (exact) mass is 304 g/mol. The van der Waals surface area contributed by atoms with E-state index in [1.54, 1.807) is 6.92 Å². The van der Waals surface area contributed by atoms with Gasteiger partial charge in [-0.3, -0.25) is 4.79 Å². The lowest BCUT2D eigenvalue weighted by atomic mass is 10.1. The van der Waals surface area contributed by atoms with E-state index in [4.69, 9.17) is 17.0 Å². The van der Waals surface area contributed by atoms with Gasteiger partial charge in [0.25, 0.3) is 0 Å². The van der Waals surface area contributed by atoms with Crippen LogP contribution >= 0.6 is 24.0 Å². The summed E-state index contributed by atoms with van der Waals surface area (Å²) in [6.45, 7) is 2.22. The number of carbonyl (C=O) groups is 1. The summed E-state index contributed by atoms with van der Waals surface area (Å²) in [5.41, 5.74) is 1.17. The number of thiocarbonyl (C=S) groups is 1. The molecule has 2 rings (SSSR count). The Kier molecular flexibility index (Phi) is 5.56. The van der Waals surface area contributed by atoms with Gasteiger partial charge in [0.2, 0.25) is 0 Å². The number of esters is 1. The van der Waals surface area contributed by atoms with Crippen LogP contribution in [0.25, 0.3) is 10.8 Å². The van der Waals surface area contributed by atoms with E-state index in [1.807, 2.05) is 12.1 Å². The van der Waals surface area contributed by atoms with Gasteiger partial charge in [-0.25, -0.2) is 0 Å². The van der Waals surface area contributed by atoms with Crippen LogP contribution in [0.15, 0.2) is 42.5 Å². The van der Waals surface area contributed by atoms with Crippen LogP contribution in [0.1, 0.15) is 12.5 Å². The highest BCUT2D eigenvalue weighted by atomic mass is 32.2. The van der Waals surface area contributed by atoms with Gasteiger partial charge in [-0.05, 0) is 23.3 Å². The van der Waals surface area contributed by atoms with E-state index in [2.05, 4.69) is 30.3 Å². The van der Waals surface area contributed by atoms with Gasteiger partial charge < -0.3 is 4.74 Å². The lowest BCUT2D eigenvalue weighted by Gasteiger charge is -2.05. The first-order valence-corrected chi connectivity index (χ1v) is 7.87. The molecule has 2 nitrogen and oxygen atoms in total. The maximum Gasteiger partial charge on any atom is 0.316 e. The second kappa shape index (κ2) is 7.41. The van der Waals surface area contributed by atoms with Gasteiger partial charge in [0, 0.05) is 6.42 Å². The Morgan fingerprint density at radius 3 is 2.70 bits per heavy atom. The van der Waals surface area contributed by atoms with Crippen LogP contribution in [0.2, 0.25) is 0 Å². The van der Waals surface area contributed by atoms with Gasteiger partial charge in [0.1, 0.15) is 0 Å². The summed E-state index contributed by atoms with van der Waals surface area (Å²) in [7, 11) is 0. The number of rotatable bonds is 5. The molecule has 2 aromatic rings. The van der Waals surface area contributed by atoms with E-state index in [0.717, 1.165) is 4.20 Å². The molecule has 0 aromatic heterocycles. The Morgan fingerprint density at radius 2 is 1.95 bits per heavy atom. The number of thioether (sulfide) groups is 1. The third kappa shape index (κ3) is 4.32. The van der Waals surface area contributed by atoms with Crippen molar-refractivity contribution < 1.29 is 9.53 Å². The minimum Gasteiger partial charge on any atom is -0.465 e. The summed E-state index contributed by atoms with van der Waals surface area (Å²) in [5, 5.41) is 2.43. The number of hydrogen-bond acceptors (Lipinski definition) is 4. The van der Waals surface area contributed by atoms with Crippen molar-refractivity contribution in [1.82, 2.24) is 0 Å². The fourth-order valence-electron chi connectivity index (χ4n) is 1.91. The normalized spacial score (nSPS) is 10.4. The average molecular weight is 304 g/mol. The Bertz CT molecular complexity index is 623. The van der Waals surface area contributed by atoms with Gasteiger partial charge in [-0.15, -0.1) is 11.8 Å². The fourth-order valence-corrected chi connectivity index (χ4v) is 2.88. The van der Waals surface area contributed by atoms with Gasteiger partial charge in [-0.1, -0.05) is 54.7 Å². The average Bonchev–Trinajstić information content (AvgIpc) is 2.45. The molecule has 0 aliphatic heterocycles. The van der Waals surface area contributed by atoms with Crippen molar-refractivity contribution in [1.29, 1.82) is 0 Å². The second-order valence-corrected chi connectivity index (χ2v) is 6.15. The van der Waals surface area contributed by atoms with Gasteiger partial charge in [0.15, 0.2) is 0 Å². The smallest absolute Gasteiger partial charge is 0.316 e. The molecule has 20 heavy (non-hydrogen) atoms. The van der Waals surface area contributed by atoms with Crippen molar-refractivity contribution in [2.24, 2.45) is 0 Å². The molecular formula is C16H16O2S2. The third-order valence-corrected chi connectivity index (χ3v) is 4.16. The van der Waals surface area contributed by atoms with Crippen LogP contribution in [0.3, 0.4) is 0 Å². The molecule has 4 heteroatoms. The molecule has 0 amide bonds. The molecule has 0 saturated carbocycles. The van der Waals surface area contributed by atoms with E-state index in [-0.39, 0.29) is 5.97 Å². The standard InChI is InChI=1S/C16H16O2S2/c1-2-18-15(17)11-20-16(19)10-12-7-8-13-5-3-4-6-14(13)9-12/h3-9H,2,10-11H2,1H3. The lowest BCUT2D eigenvalue weighted by Crippen LogP contribution is -2.09. The van der Waals surface area contributed by atoms with Crippen LogP contribution < -0.4 is 0 Å². The van der Waals surface area contributed by atoms with Gasteiger partial charge >= 0.3 is 5.97 Å². The highest BCUT2D eigenvalue weighted by Gasteiger charge is 2.06. The predicted octanol–water partition coefficient (Wildman–Crippen LogP) is 4.01. The first-order valence-electron chi connectivity index (χ1n) is 6.48. The third-order valence-electron chi connectivity index (χ3n) is 2.82. The van der Waals surface area contributed by atoms with Crippen LogP contribution in [-0.4, -0.2) is 22.5 Å². The van der Waals surface area contributed by atoms with E-state index < -0.39 is 0 Å². The van der Waals surface area contributed by atoms with Crippen molar-refractivity contribution in [3.63, 3.8) is 0 Å². The topological polar surface area (TPSA) is 26.3 Å². The van der Waals surface area contributed by atoms with Crippen LogP contribution in [0.4, 0.5) is 0 Å². The van der Waals surface area contributed by atoms with Crippen molar-refractivity contribution in [2.45, 2.75) is 13.3 Å². The van der Waals surface area contributed by atoms with Crippen LogP contribution in [-0.2, 0) is 16.0 Å². The van der Waals surface area contributed by atoms with Crippen molar-refractivity contribution >= 4 is 44.9 Å². The summed E-state index contributed by atoms with van der Waals surface area (Å²) in [6, 6.07) is 14.6. The lowest BCUT2D eigenvalue weighted by molar-refractivity contribution is -0.139. The Hall–Kier alpha value is -1.39. The number of hydrogen-bond donors (Lipinski definition) is 0. The van der Waals surface area contributed by atoms with Gasteiger partial charge in [-0.2, -0.15) is 0 Å². The number of carbonyl (C=O) groups excluding carboxylic acids is 1. The molecule has 104 valence electrons. The highest BCUT2D eigenvalue weighted by molar-refractivity contribution is 8.23. The first kappa shape index (κ1) is 15.0. The summed E-state index contributed by atoms with van der Waals surface area (Å²) >= 11 is 6.70. The maximum absolute atomic E-state index is 11.3. The van der Waals surface area contributed by atoms with Crippen LogP contribution in [0, 0.1) is 0 Å². The first-order chi connectivity index (χ1) is 9.69. The van der Waals surface area contributed by atoms with Crippen molar-refractivity contribution in [3.05, 3.63) is 48.0 Å². The molecule has 0 bridgehead atoms. The molecule has 0 heterocycles. The zero-order valence-electron chi connectivity index (χ0n) is 11.3. The summed E-state index contributed by atoms with van der Waals surface area (Å²) in [5.74, 6) is 0.0821. The molecule has 0 saturated heterocycles. The Labute approximate surface area is 128 Å². The fraction of sp³-hybridized carbons (Fsp3) is 0.250. The summed E-state index contributed by atoms with van der Waals surface area (Å²) in [4.78, 5) is 11.3. The molecule has 0 spiro atoms. The molecule has 0 aliphatic carbocycles. The minimum absolute atomic E-state index is 0.210. The van der Waals surface area contributed by atoms with E-state index in [0.29, 0.717) is 18.8 Å². The minimum atomic E-state index is -0.210. The SMILES string of the molecule is CCOC(=O)CSC(=S)Cc1ccc2ccccc2c1. The number of fused-ring (bicyclic) bond motifs is 1. The molecule has 0 unspecified atom stereocenters. The van der Waals surface area contributed by atoms with Crippen molar-refractivity contribution in [3.8, 4) is 0 Å². The molecule has 0 fully saturated rings. The predicted molar refractivity (Wildman–Crippen MR) is 89.3 cm³/mol. The highest BCUT2D eigenvalue weighted by Crippen LogP contribution is 2.18. The number of benzene rings is 2. The molecule has 2 aromatic carbocycles. The molecular weight excluding hydrogens is 288 g/mol. The van der Waals surface area contributed by atoms with Gasteiger partial charge in [0.05, 0.1) is 16.6 Å². The van der Waals surface area contributed by atoms with Crippen molar-refractivity contribution in [2.75, 3.05) is 12.4 Å². The largest absolute Gasteiger partial charge is 0.465 e. The Balaban J connectivity index is 1.94. The van der Waals surface area contributed by atoms with E-state index >= 15 is 0 Å². The zero-order valence-corrected chi connectivity index (χ0v) is 12.9. The summed E-state index contributed by atoms with van der Waals surface area (Å²) < 4.78 is 5.69. The quantitative estimate of drug-likeness (QED) is 0.616. The van der Waals surface area contributed by atoms with E-state index in [1.165, 1.54) is 28.1 Å². The molecule has 0 atom stereocenters. The van der Waals surface area contributed by atoms with Crippen LogP contribution in [0.5, 0.6) is 0 Å². The molecule has 0 radical (unpaired) electrons. The number of ether oxygens (including phenoxy) is 1. The second-order valence-electron chi connectivity index (χ2n) is 4.32. The maximum atomic E-state index is 11.3. The van der Waals surface area contributed by atoms with E-state index in [9.17, 15) is 4.79 Å². The molecule has 0 aliphatic rings. The zero-order chi connectivity index (χ0) is 14.4.